The van der Waals surface area contributed by atoms with Crippen LogP contribution in [-0.2, 0) is 20.2 Å². The first-order valence-electron chi connectivity index (χ1n) is 17.1. The summed E-state index contributed by atoms with van der Waals surface area (Å²) in [7, 11) is -8.98. The predicted molar refractivity (Wildman–Crippen MR) is 190 cm³/mol. The smallest absolute Gasteiger partial charge is 0.744 e. The van der Waals surface area contributed by atoms with E-state index in [0.717, 1.165) is 62.5 Å². The number of hydrogen-bond donors (Lipinski definition) is 0. The quantitative estimate of drug-likeness (QED) is 0.114. The molecule has 0 heterocycles. The van der Waals surface area contributed by atoms with Crippen LogP contribution in [0.4, 0.5) is 0 Å². The van der Waals surface area contributed by atoms with Crippen molar-refractivity contribution < 1.29 is 85.1 Å². The average molecular weight is 735 g/mol. The van der Waals surface area contributed by atoms with Crippen molar-refractivity contribution in [3.05, 3.63) is 131 Å². The Bertz CT molecular complexity index is 1770. The molecule has 0 fully saturated rings. The van der Waals surface area contributed by atoms with Gasteiger partial charge in [0.25, 0.3) is 0 Å². The van der Waals surface area contributed by atoms with Crippen molar-refractivity contribution in [1.29, 1.82) is 0 Å². The van der Waals surface area contributed by atoms with Gasteiger partial charge in [-0.1, -0.05) is 125 Å². The molecule has 0 N–H and O–H groups in total. The van der Waals surface area contributed by atoms with Crippen LogP contribution in [0.1, 0.15) is 118 Å². The molecule has 0 saturated heterocycles. The molecule has 0 radical (unpaired) electrons. The summed E-state index contributed by atoms with van der Waals surface area (Å²) in [6.07, 6.45) is 7.97. The first-order valence-corrected chi connectivity index (χ1v) is 19.9. The molecule has 0 amide bonds. The molecule has 5 unspecified atom stereocenters. The first kappa shape index (κ1) is 44.9. The Balaban J connectivity index is 0.00000433. The Kier molecular flexibility index (Phi) is 19.2. The molecule has 0 aliphatic heterocycles. The molecule has 4 aromatic rings. The zero-order valence-corrected chi connectivity index (χ0v) is 35.8. The summed E-state index contributed by atoms with van der Waals surface area (Å²) in [5.74, 6) is 1.58. The number of rotatable bonds is 18. The predicted octanol–water partition coefficient (Wildman–Crippen LogP) is 3.73. The maximum atomic E-state index is 11.6. The molecule has 5 atom stereocenters. The van der Waals surface area contributed by atoms with E-state index in [9.17, 15) is 25.9 Å². The van der Waals surface area contributed by atoms with E-state index in [1.54, 1.807) is 12.1 Å². The van der Waals surface area contributed by atoms with Crippen molar-refractivity contribution in [3.63, 3.8) is 0 Å². The van der Waals surface area contributed by atoms with Crippen LogP contribution in [0.15, 0.2) is 119 Å². The van der Waals surface area contributed by atoms with Crippen LogP contribution in [0.25, 0.3) is 0 Å². The van der Waals surface area contributed by atoms with E-state index in [1.165, 1.54) is 35.4 Å². The van der Waals surface area contributed by atoms with Crippen LogP contribution >= 0.6 is 0 Å². The molecule has 4 rings (SSSR count). The van der Waals surface area contributed by atoms with E-state index in [2.05, 4.69) is 69.3 Å². The SMILES string of the molecule is CCC(CCCC(CC(CC)c1ccccc1)c1ccc(S(=O)(=O)[O-])cc1)CC(CC(C)c1ccc(S(=O)(=O)[O-])cc1)c1ccccc1.[Na+].[Na+]. The molecule has 4 aromatic carbocycles. The van der Waals surface area contributed by atoms with Gasteiger partial charge in [-0.3, -0.25) is 0 Å². The molecular formula is C40H48Na2O6S2. The molecule has 0 spiro atoms. The van der Waals surface area contributed by atoms with E-state index >= 15 is 0 Å². The summed E-state index contributed by atoms with van der Waals surface area (Å²) < 4.78 is 69.1. The van der Waals surface area contributed by atoms with Crippen molar-refractivity contribution in [2.45, 2.75) is 106 Å². The van der Waals surface area contributed by atoms with Gasteiger partial charge in [-0.2, -0.15) is 0 Å². The second-order valence-electron chi connectivity index (χ2n) is 13.2. The van der Waals surface area contributed by atoms with Gasteiger partial charge < -0.3 is 9.11 Å². The van der Waals surface area contributed by atoms with Crippen LogP contribution in [0, 0.1) is 5.92 Å². The number of hydrogen-bond acceptors (Lipinski definition) is 6. The summed E-state index contributed by atoms with van der Waals surface area (Å²) in [5.41, 5.74) is 4.68. The Morgan fingerprint density at radius 2 is 0.940 bits per heavy atom. The minimum absolute atomic E-state index is 0. The minimum Gasteiger partial charge on any atom is -0.744 e. The van der Waals surface area contributed by atoms with Gasteiger partial charge in [-0.25, -0.2) is 16.8 Å². The molecule has 0 saturated carbocycles. The maximum absolute atomic E-state index is 11.6. The van der Waals surface area contributed by atoms with Gasteiger partial charge in [0.15, 0.2) is 0 Å². The zero-order valence-electron chi connectivity index (χ0n) is 30.2. The fourth-order valence-corrected chi connectivity index (χ4v) is 8.04. The van der Waals surface area contributed by atoms with Crippen LogP contribution in [0.5, 0.6) is 0 Å². The summed E-state index contributed by atoms with van der Waals surface area (Å²) in [4.78, 5) is -0.401. The van der Waals surface area contributed by atoms with Crippen molar-refractivity contribution in [2.24, 2.45) is 5.92 Å². The molecule has 50 heavy (non-hydrogen) atoms. The second-order valence-corrected chi connectivity index (χ2v) is 15.9. The second kappa shape index (κ2) is 21.4. The van der Waals surface area contributed by atoms with Crippen LogP contribution < -0.4 is 59.1 Å². The number of benzene rings is 4. The fourth-order valence-electron chi connectivity index (χ4n) is 7.10. The summed E-state index contributed by atoms with van der Waals surface area (Å²) >= 11 is 0. The first-order chi connectivity index (χ1) is 22.9. The zero-order chi connectivity index (χ0) is 34.7. The third kappa shape index (κ3) is 13.6. The van der Waals surface area contributed by atoms with Crippen LogP contribution in [0.2, 0.25) is 0 Å². The van der Waals surface area contributed by atoms with Crippen molar-refractivity contribution in [1.82, 2.24) is 0 Å². The Labute approximate surface area is 345 Å². The summed E-state index contributed by atoms with van der Waals surface area (Å²) in [6.45, 7) is 6.61. The Morgan fingerprint density at radius 3 is 1.38 bits per heavy atom. The monoisotopic (exact) mass is 734 g/mol. The molecule has 0 aromatic heterocycles. The van der Waals surface area contributed by atoms with E-state index in [1.807, 2.05) is 24.3 Å². The van der Waals surface area contributed by atoms with Gasteiger partial charge in [0.1, 0.15) is 20.2 Å². The van der Waals surface area contributed by atoms with Gasteiger partial charge in [0.05, 0.1) is 9.79 Å². The third-order valence-electron chi connectivity index (χ3n) is 9.98. The van der Waals surface area contributed by atoms with Gasteiger partial charge in [-0.15, -0.1) is 0 Å². The van der Waals surface area contributed by atoms with Crippen molar-refractivity contribution in [2.75, 3.05) is 0 Å². The molecule has 258 valence electrons. The Hall–Kier alpha value is -1.30. The van der Waals surface area contributed by atoms with E-state index < -0.39 is 20.2 Å². The summed E-state index contributed by atoms with van der Waals surface area (Å²) in [5, 5.41) is 0. The van der Waals surface area contributed by atoms with Gasteiger partial charge in [-0.05, 0) is 108 Å². The van der Waals surface area contributed by atoms with Crippen molar-refractivity contribution in [3.8, 4) is 0 Å². The van der Waals surface area contributed by atoms with E-state index in [0.29, 0.717) is 17.8 Å². The summed E-state index contributed by atoms with van der Waals surface area (Å²) in [6, 6.07) is 33.9. The fraction of sp³-hybridized carbons (Fsp3) is 0.400. The molecule has 6 nitrogen and oxygen atoms in total. The van der Waals surface area contributed by atoms with E-state index in [-0.39, 0.29) is 80.7 Å². The largest absolute Gasteiger partial charge is 1.00 e. The Morgan fingerprint density at radius 1 is 0.500 bits per heavy atom. The topological polar surface area (TPSA) is 114 Å². The van der Waals surface area contributed by atoms with Crippen molar-refractivity contribution >= 4 is 20.2 Å². The van der Waals surface area contributed by atoms with E-state index in [4.69, 9.17) is 0 Å². The van der Waals surface area contributed by atoms with Gasteiger partial charge in [0, 0.05) is 0 Å². The third-order valence-corrected chi connectivity index (χ3v) is 11.7. The molecule has 0 aliphatic carbocycles. The maximum Gasteiger partial charge on any atom is 1.00 e. The minimum atomic E-state index is -4.50. The van der Waals surface area contributed by atoms with Gasteiger partial charge >= 0.3 is 59.1 Å². The normalized spacial score (nSPS) is 14.7. The standard InChI is InChI=1S/C40H50O6S2.2Na/c1-4-31(28-38(35-16-10-7-11-17-35)27-30(3)33-19-23-39(24-20-33)47(41,42)43)13-12-18-37(29-32(5-2)34-14-8-6-9-15-34)36-21-25-40(26-22-36)48(44,45)46;;/h6-11,14-17,19-26,30-32,37-38H,4-5,12-13,18,27-29H2,1-3H3,(H,41,42,43)(H,44,45,46);;/q;2*+1/p-2. The molecule has 0 bridgehead atoms. The molecule has 0 aliphatic rings. The molecule has 10 heteroatoms. The van der Waals surface area contributed by atoms with Crippen LogP contribution in [0.3, 0.4) is 0 Å². The van der Waals surface area contributed by atoms with Crippen LogP contribution in [-0.4, -0.2) is 25.9 Å². The van der Waals surface area contributed by atoms with Gasteiger partial charge in [0.2, 0.25) is 0 Å². The average Bonchev–Trinajstić information content (AvgIpc) is 3.09. The molecular weight excluding hydrogens is 687 g/mol.